The number of benzene rings is 2. The molecule has 0 fully saturated rings. The number of carbonyl (C=O) groups is 1. The minimum Gasteiger partial charge on any atom is -0.497 e. The molecule has 0 atom stereocenters. The number of aromatic nitrogens is 2. The highest BCUT2D eigenvalue weighted by molar-refractivity contribution is 6.33. The van der Waals surface area contributed by atoms with Gasteiger partial charge in [-0.3, -0.25) is 0 Å². The zero-order valence-electron chi connectivity index (χ0n) is 15.2. The lowest BCUT2D eigenvalue weighted by Crippen LogP contribution is -2.32. The van der Waals surface area contributed by atoms with Crippen LogP contribution >= 0.6 is 11.6 Å². The van der Waals surface area contributed by atoms with Crippen LogP contribution in [0.4, 0.5) is 10.5 Å². The molecule has 2 N–H and O–H groups in total. The molecule has 0 saturated heterocycles. The van der Waals surface area contributed by atoms with Gasteiger partial charge >= 0.3 is 6.03 Å². The van der Waals surface area contributed by atoms with Gasteiger partial charge in [0.05, 0.1) is 30.1 Å². The molecule has 3 aromatic rings. The van der Waals surface area contributed by atoms with E-state index in [0.717, 1.165) is 17.0 Å². The summed E-state index contributed by atoms with van der Waals surface area (Å²) in [6.45, 7) is 0.560. The third-order valence-electron chi connectivity index (χ3n) is 3.79. The highest BCUT2D eigenvalue weighted by atomic mass is 35.5. The molecular weight excluding hydrogens is 380 g/mol. The molecule has 28 heavy (non-hydrogen) atoms. The Labute approximate surface area is 167 Å². The molecule has 8 heteroatoms. The van der Waals surface area contributed by atoms with E-state index in [9.17, 15) is 4.79 Å². The Morgan fingerprint density at radius 1 is 1.04 bits per heavy atom. The summed E-state index contributed by atoms with van der Waals surface area (Å²) in [6, 6.07) is 17.7. The third kappa shape index (κ3) is 5.34. The van der Waals surface area contributed by atoms with Crippen LogP contribution in [-0.2, 0) is 0 Å². The van der Waals surface area contributed by atoms with Crippen LogP contribution in [0.25, 0.3) is 11.3 Å². The van der Waals surface area contributed by atoms with Crippen molar-refractivity contribution in [2.45, 2.75) is 0 Å². The van der Waals surface area contributed by atoms with Gasteiger partial charge < -0.3 is 20.1 Å². The fourth-order valence-electron chi connectivity index (χ4n) is 2.36. The van der Waals surface area contributed by atoms with E-state index in [-0.39, 0.29) is 12.6 Å². The normalized spacial score (nSPS) is 10.2. The molecule has 0 aliphatic carbocycles. The SMILES string of the molecule is COc1ccc(-c2ccc(OCCNC(=O)Nc3ccccc3Cl)nn2)cc1. The molecule has 1 heterocycles. The summed E-state index contributed by atoms with van der Waals surface area (Å²) in [4.78, 5) is 11.8. The van der Waals surface area contributed by atoms with Crippen LogP contribution in [0.15, 0.2) is 60.7 Å². The number of carbonyl (C=O) groups excluding carboxylic acids is 1. The standard InChI is InChI=1S/C20H19ClN4O3/c1-27-15-8-6-14(7-9-15)17-10-11-19(25-24-17)28-13-12-22-20(26)23-18-5-3-2-4-16(18)21/h2-11H,12-13H2,1H3,(H2,22,23,26). The van der Waals surface area contributed by atoms with Crippen molar-refractivity contribution in [1.29, 1.82) is 0 Å². The van der Waals surface area contributed by atoms with Crippen molar-refractivity contribution in [2.75, 3.05) is 25.6 Å². The van der Waals surface area contributed by atoms with Gasteiger partial charge in [0.2, 0.25) is 5.88 Å². The largest absolute Gasteiger partial charge is 0.497 e. The van der Waals surface area contributed by atoms with E-state index in [1.807, 2.05) is 30.3 Å². The van der Waals surface area contributed by atoms with Gasteiger partial charge in [-0.2, -0.15) is 0 Å². The molecule has 0 saturated carbocycles. The Morgan fingerprint density at radius 3 is 2.50 bits per heavy atom. The fraction of sp³-hybridized carbons (Fsp3) is 0.150. The van der Waals surface area contributed by atoms with Crippen LogP contribution in [0, 0.1) is 0 Å². The fourth-order valence-corrected chi connectivity index (χ4v) is 2.54. The molecule has 0 radical (unpaired) electrons. The topological polar surface area (TPSA) is 85.4 Å². The predicted octanol–water partition coefficient (Wildman–Crippen LogP) is 4.01. The number of amides is 2. The number of halogens is 1. The minimum absolute atomic E-state index is 0.256. The third-order valence-corrected chi connectivity index (χ3v) is 4.12. The van der Waals surface area contributed by atoms with Crippen molar-refractivity contribution in [3.05, 3.63) is 65.7 Å². The number of anilines is 1. The maximum atomic E-state index is 11.8. The first kappa shape index (κ1) is 19.4. The van der Waals surface area contributed by atoms with Crippen LogP contribution in [-0.4, -0.2) is 36.5 Å². The quantitative estimate of drug-likeness (QED) is 0.587. The van der Waals surface area contributed by atoms with Crippen molar-refractivity contribution >= 4 is 23.3 Å². The van der Waals surface area contributed by atoms with Crippen LogP contribution < -0.4 is 20.1 Å². The number of urea groups is 1. The number of nitrogens with one attached hydrogen (secondary N) is 2. The van der Waals surface area contributed by atoms with Crippen molar-refractivity contribution in [1.82, 2.24) is 15.5 Å². The molecule has 7 nitrogen and oxygen atoms in total. The molecule has 0 bridgehead atoms. The summed E-state index contributed by atoms with van der Waals surface area (Å²) >= 11 is 5.99. The molecule has 144 valence electrons. The smallest absolute Gasteiger partial charge is 0.319 e. The summed E-state index contributed by atoms with van der Waals surface area (Å²) in [7, 11) is 1.62. The summed E-state index contributed by atoms with van der Waals surface area (Å²) in [6.07, 6.45) is 0. The van der Waals surface area contributed by atoms with E-state index in [1.165, 1.54) is 0 Å². The second-order valence-electron chi connectivity index (χ2n) is 5.69. The van der Waals surface area contributed by atoms with E-state index in [4.69, 9.17) is 21.1 Å². The zero-order valence-corrected chi connectivity index (χ0v) is 15.9. The summed E-state index contributed by atoms with van der Waals surface area (Å²) in [5.74, 6) is 1.16. The average Bonchev–Trinajstić information content (AvgIpc) is 2.73. The number of para-hydroxylation sites is 1. The molecule has 3 rings (SSSR count). The molecular formula is C20H19ClN4O3. The maximum Gasteiger partial charge on any atom is 0.319 e. The Morgan fingerprint density at radius 2 is 1.82 bits per heavy atom. The number of ether oxygens (including phenoxy) is 2. The molecule has 2 aromatic carbocycles. The Hall–Kier alpha value is -3.32. The number of rotatable bonds is 7. The number of hydrogen-bond acceptors (Lipinski definition) is 5. The van der Waals surface area contributed by atoms with E-state index in [0.29, 0.717) is 23.1 Å². The van der Waals surface area contributed by atoms with Crippen molar-refractivity contribution < 1.29 is 14.3 Å². The van der Waals surface area contributed by atoms with Gasteiger partial charge in [-0.1, -0.05) is 23.7 Å². The number of methoxy groups -OCH3 is 1. The van der Waals surface area contributed by atoms with Gasteiger partial charge in [-0.05, 0) is 42.5 Å². The van der Waals surface area contributed by atoms with Crippen molar-refractivity contribution in [3.63, 3.8) is 0 Å². The lowest BCUT2D eigenvalue weighted by molar-refractivity contribution is 0.246. The lowest BCUT2D eigenvalue weighted by atomic mass is 10.1. The van der Waals surface area contributed by atoms with E-state index in [2.05, 4.69) is 20.8 Å². The summed E-state index contributed by atoms with van der Waals surface area (Å²) < 4.78 is 10.6. The van der Waals surface area contributed by atoms with Crippen LogP contribution in [0.5, 0.6) is 11.6 Å². The van der Waals surface area contributed by atoms with Crippen molar-refractivity contribution in [2.24, 2.45) is 0 Å². The highest BCUT2D eigenvalue weighted by Crippen LogP contribution is 2.21. The van der Waals surface area contributed by atoms with Gasteiger partial charge in [0.25, 0.3) is 0 Å². The molecule has 1 aromatic heterocycles. The second kappa shape index (κ2) is 9.57. The zero-order chi connectivity index (χ0) is 19.8. The van der Waals surface area contributed by atoms with Crippen LogP contribution in [0.3, 0.4) is 0 Å². The van der Waals surface area contributed by atoms with Gasteiger partial charge in [-0.15, -0.1) is 10.2 Å². The number of nitrogens with zero attached hydrogens (tertiary/aromatic N) is 2. The summed E-state index contributed by atoms with van der Waals surface area (Å²) in [5, 5.41) is 14.0. The van der Waals surface area contributed by atoms with Crippen LogP contribution in [0.1, 0.15) is 0 Å². The van der Waals surface area contributed by atoms with Gasteiger partial charge in [0.1, 0.15) is 12.4 Å². The van der Waals surface area contributed by atoms with Crippen molar-refractivity contribution in [3.8, 4) is 22.9 Å². The second-order valence-corrected chi connectivity index (χ2v) is 6.10. The molecule has 0 unspecified atom stereocenters. The predicted molar refractivity (Wildman–Crippen MR) is 108 cm³/mol. The monoisotopic (exact) mass is 398 g/mol. The molecule has 0 aliphatic rings. The van der Waals surface area contributed by atoms with Gasteiger partial charge in [0.15, 0.2) is 0 Å². The molecule has 2 amide bonds. The van der Waals surface area contributed by atoms with Crippen LogP contribution in [0.2, 0.25) is 5.02 Å². The van der Waals surface area contributed by atoms with E-state index >= 15 is 0 Å². The Kier molecular flexibility index (Phi) is 6.64. The molecule has 0 spiro atoms. The average molecular weight is 399 g/mol. The highest BCUT2D eigenvalue weighted by Gasteiger charge is 2.05. The first-order chi connectivity index (χ1) is 13.7. The minimum atomic E-state index is -0.363. The Bertz CT molecular complexity index is 917. The Balaban J connectivity index is 1.43. The lowest BCUT2D eigenvalue weighted by Gasteiger charge is -2.09. The maximum absolute atomic E-state index is 11.8. The first-order valence-corrected chi connectivity index (χ1v) is 8.94. The van der Waals surface area contributed by atoms with E-state index < -0.39 is 0 Å². The molecule has 0 aliphatic heterocycles. The first-order valence-electron chi connectivity index (χ1n) is 8.56. The van der Waals surface area contributed by atoms with Gasteiger partial charge in [0, 0.05) is 11.6 Å². The van der Waals surface area contributed by atoms with E-state index in [1.54, 1.807) is 37.4 Å². The summed E-state index contributed by atoms with van der Waals surface area (Å²) in [5.41, 5.74) is 2.20. The number of hydrogen-bond donors (Lipinski definition) is 2. The van der Waals surface area contributed by atoms with Gasteiger partial charge in [-0.25, -0.2) is 4.79 Å².